The molecule has 4 heteroatoms. The Morgan fingerprint density at radius 3 is 2.36 bits per heavy atom. The van der Waals surface area contributed by atoms with Crippen LogP contribution in [0.2, 0.25) is 0 Å². The number of aryl methyl sites for hydroxylation is 1. The average Bonchev–Trinajstić information content (AvgIpc) is 2.70. The Bertz CT molecular complexity index is 919. The first-order chi connectivity index (χ1) is 13.6. The topological polar surface area (TPSA) is 55.8 Å². The molecule has 0 saturated heterocycles. The van der Waals surface area contributed by atoms with Gasteiger partial charge in [-0.3, -0.25) is 0 Å². The van der Waals surface area contributed by atoms with Crippen molar-refractivity contribution in [3.8, 4) is 5.75 Å². The zero-order chi connectivity index (χ0) is 19.8. The van der Waals surface area contributed by atoms with Crippen LogP contribution in [0.3, 0.4) is 0 Å². The number of carbonyl (C=O) groups is 1. The number of aromatic carboxylic acids is 1. The number of benzene rings is 3. The maximum absolute atomic E-state index is 11.4. The third-order valence-corrected chi connectivity index (χ3v) is 4.49. The van der Waals surface area contributed by atoms with Gasteiger partial charge in [0.2, 0.25) is 0 Å². The van der Waals surface area contributed by atoms with Gasteiger partial charge in [0.15, 0.2) is 0 Å². The maximum Gasteiger partial charge on any atom is 0.335 e. The molecule has 0 fully saturated rings. The van der Waals surface area contributed by atoms with E-state index in [1.165, 1.54) is 11.1 Å². The molecule has 3 aromatic carbocycles. The summed E-state index contributed by atoms with van der Waals surface area (Å²) in [5, 5.41) is 9.38. The van der Waals surface area contributed by atoms with Crippen LogP contribution in [0.25, 0.3) is 0 Å². The molecule has 0 atom stereocenters. The molecule has 0 heterocycles. The fourth-order valence-corrected chi connectivity index (χ4v) is 2.98. The highest BCUT2D eigenvalue weighted by atomic mass is 16.5. The fraction of sp³-hybridized carbons (Fsp3) is 0.208. The van der Waals surface area contributed by atoms with Crippen molar-refractivity contribution in [3.63, 3.8) is 0 Å². The summed E-state index contributed by atoms with van der Waals surface area (Å²) in [6.07, 6.45) is 0.768. The molecule has 0 spiro atoms. The Morgan fingerprint density at radius 1 is 0.893 bits per heavy atom. The second kappa shape index (κ2) is 9.72. The van der Waals surface area contributed by atoms with Gasteiger partial charge < -0.3 is 14.6 Å². The van der Waals surface area contributed by atoms with E-state index in [0.717, 1.165) is 17.5 Å². The van der Waals surface area contributed by atoms with Gasteiger partial charge >= 0.3 is 5.97 Å². The highest BCUT2D eigenvalue weighted by Gasteiger charge is 2.09. The summed E-state index contributed by atoms with van der Waals surface area (Å²) in [5.74, 6) is -0.430. The predicted octanol–water partition coefficient (Wildman–Crippen LogP) is 5.03. The lowest BCUT2D eigenvalue weighted by Gasteiger charge is -2.11. The minimum atomic E-state index is -0.978. The first-order valence-electron chi connectivity index (χ1n) is 9.28. The molecule has 144 valence electrons. The lowest BCUT2D eigenvalue weighted by Crippen LogP contribution is -2.05. The Morgan fingerprint density at radius 2 is 1.61 bits per heavy atom. The number of rotatable bonds is 9. The summed E-state index contributed by atoms with van der Waals surface area (Å²) >= 11 is 0. The molecule has 4 nitrogen and oxygen atoms in total. The monoisotopic (exact) mass is 376 g/mol. The van der Waals surface area contributed by atoms with Gasteiger partial charge in [-0.15, -0.1) is 0 Å². The molecule has 0 aromatic heterocycles. The van der Waals surface area contributed by atoms with Gasteiger partial charge in [-0.1, -0.05) is 54.6 Å². The minimum Gasteiger partial charge on any atom is -0.493 e. The minimum absolute atomic E-state index is 0.201. The summed E-state index contributed by atoms with van der Waals surface area (Å²) in [6, 6.07) is 23.1. The van der Waals surface area contributed by atoms with Gasteiger partial charge in [-0.2, -0.15) is 0 Å². The number of hydrogen-bond acceptors (Lipinski definition) is 3. The molecular formula is C24H24O4. The number of carboxylic acids is 1. The van der Waals surface area contributed by atoms with Crippen LogP contribution < -0.4 is 4.74 Å². The van der Waals surface area contributed by atoms with E-state index in [9.17, 15) is 9.90 Å². The van der Waals surface area contributed by atoms with E-state index in [-0.39, 0.29) is 5.56 Å². The van der Waals surface area contributed by atoms with E-state index in [4.69, 9.17) is 9.47 Å². The van der Waals surface area contributed by atoms with Crippen molar-refractivity contribution in [2.45, 2.75) is 26.6 Å². The van der Waals surface area contributed by atoms with Gasteiger partial charge in [0.1, 0.15) is 5.75 Å². The Kier molecular flexibility index (Phi) is 6.82. The van der Waals surface area contributed by atoms with Gasteiger partial charge in [-0.25, -0.2) is 4.79 Å². The molecule has 0 unspecified atom stereocenters. The highest BCUT2D eigenvalue weighted by molar-refractivity contribution is 5.88. The predicted molar refractivity (Wildman–Crippen MR) is 109 cm³/mol. The van der Waals surface area contributed by atoms with Crippen LogP contribution in [0.1, 0.15) is 32.6 Å². The van der Waals surface area contributed by atoms with Crippen LogP contribution in [0.5, 0.6) is 5.75 Å². The lowest BCUT2D eigenvalue weighted by molar-refractivity contribution is 0.0695. The van der Waals surface area contributed by atoms with Gasteiger partial charge in [0, 0.05) is 6.42 Å². The summed E-state index contributed by atoms with van der Waals surface area (Å²) in [5.41, 5.74) is 4.50. The van der Waals surface area contributed by atoms with Crippen LogP contribution in [-0.2, 0) is 24.4 Å². The highest BCUT2D eigenvalue weighted by Crippen LogP contribution is 2.20. The van der Waals surface area contributed by atoms with Crippen molar-refractivity contribution in [3.05, 3.63) is 101 Å². The second-order valence-electron chi connectivity index (χ2n) is 6.67. The van der Waals surface area contributed by atoms with Crippen LogP contribution >= 0.6 is 0 Å². The zero-order valence-corrected chi connectivity index (χ0v) is 15.9. The normalized spacial score (nSPS) is 10.6. The summed E-state index contributed by atoms with van der Waals surface area (Å²) in [4.78, 5) is 11.4. The molecule has 0 aliphatic carbocycles. The fourth-order valence-electron chi connectivity index (χ4n) is 2.98. The zero-order valence-electron chi connectivity index (χ0n) is 15.9. The van der Waals surface area contributed by atoms with Gasteiger partial charge in [0.25, 0.3) is 0 Å². The molecular weight excluding hydrogens is 352 g/mol. The van der Waals surface area contributed by atoms with Crippen LogP contribution in [0.15, 0.2) is 72.8 Å². The Balaban J connectivity index is 1.62. The van der Waals surface area contributed by atoms with Crippen LogP contribution in [0, 0.1) is 6.92 Å². The van der Waals surface area contributed by atoms with Crippen molar-refractivity contribution in [2.24, 2.45) is 0 Å². The molecule has 3 rings (SSSR count). The van der Waals surface area contributed by atoms with Gasteiger partial charge in [-0.05, 0) is 47.4 Å². The van der Waals surface area contributed by atoms with Crippen molar-refractivity contribution in [1.82, 2.24) is 0 Å². The lowest BCUT2D eigenvalue weighted by atomic mass is 10.1. The van der Waals surface area contributed by atoms with Crippen LogP contribution in [-0.4, -0.2) is 17.7 Å². The molecule has 28 heavy (non-hydrogen) atoms. The third-order valence-electron chi connectivity index (χ3n) is 4.49. The van der Waals surface area contributed by atoms with E-state index in [1.54, 1.807) is 12.1 Å². The largest absolute Gasteiger partial charge is 0.493 e. The first kappa shape index (κ1) is 19.6. The third kappa shape index (κ3) is 5.69. The molecule has 3 aromatic rings. The second-order valence-corrected chi connectivity index (χ2v) is 6.67. The van der Waals surface area contributed by atoms with E-state index in [2.05, 4.69) is 19.1 Å². The Hall–Kier alpha value is -3.11. The van der Waals surface area contributed by atoms with Gasteiger partial charge in [0.05, 0.1) is 25.4 Å². The molecule has 0 aliphatic heterocycles. The van der Waals surface area contributed by atoms with Crippen molar-refractivity contribution in [1.29, 1.82) is 0 Å². The van der Waals surface area contributed by atoms with E-state index in [0.29, 0.717) is 25.6 Å². The number of hydrogen-bond donors (Lipinski definition) is 1. The van der Waals surface area contributed by atoms with Crippen molar-refractivity contribution >= 4 is 5.97 Å². The summed E-state index contributed by atoms with van der Waals surface area (Å²) < 4.78 is 11.6. The SMILES string of the molecule is Cc1ccccc1CCOc1cc(COCc2ccccc2)cc(C(=O)O)c1. The van der Waals surface area contributed by atoms with Crippen molar-refractivity contribution in [2.75, 3.05) is 6.61 Å². The van der Waals surface area contributed by atoms with Crippen molar-refractivity contribution < 1.29 is 19.4 Å². The molecule has 0 bridgehead atoms. The maximum atomic E-state index is 11.4. The number of carboxylic acid groups (broad SMARTS) is 1. The summed E-state index contributed by atoms with van der Waals surface area (Å²) in [6.45, 7) is 3.35. The Labute approximate surface area is 165 Å². The molecule has 0 aliphatic rings. The molecule has 0 saturated carbocycles. The van der Waals surface area contributed by atoms with E-state index < -0.39 is 5.97 Å². The average molecular weight is 376 g/mol. The molecule has 0 amide bonds. The van der Waals surface area contributed by atoms with E-state index in [1.807, 2.05) is 48.5 Å². The summed E-state index contributed by atoms with van der Waals surface area (Å²) in [7, 11) is 0. The van der Waals surface area contributed by atoms with E-state index >= 15 is 0 Å². The number of ether oxygens (including phenoxy) is 2. The molecule has 0 radical (unpaired) electrons. The first-order valence-corrected chi connectivity index (χ1v) is 9.28. The smallest absolute Gasteiger partial charge is 0.335 e. The molecule has 1 N–H and O–H groups in total. The quantitative estimate of drug-likeness (QED) is 0.569. The standard InChI is InChI=1S/C24H24O4/c1-18-7-5-6-10-21(18)11-12-28-23-14-20(13-22(15-23)24(25)26)17-27-16-19-8-3-2-4-9-19/h2-10,13-15H,11-12,16-17H2,1H3,(H,25,26). The van der Waals surface area contributed by atoms with Crippen LogP contribution in [0.4, 0.5) is 0 Å².